The van der Waals surface area contributed by atoms with E-state index in [9.17, 15) is 0 Å². The third-order valence-corrected chi connectivity index (χ3v) is 4.02. The molecule has 3 heteroatoms. The molecule has 1 aliphatic carbocycles. The monoisotopic (exact) mass is 221 g/mol. The summed E-state index contributed by atoms with van der Waals surface area (Å²) in [5.74, 6) is 0.834. The lowest BCUT2D eigenvalue weighted by molar-refractivity contribution is 0.252. The highest BCUT2D eigenvalue weighted by Gasteiger charge is 2.31. The number of hydrogen-bond acceptors (Lipinski definition) is 2. The molecule has 1 aromatic heterocycles. The van der Waals surface area contributed by atoms with Crippen LogP contribution in [0.15, 0.2) is 12.3 Å². The summed E-state index contributed by atoms with van der Waals surface area (Å²) < 4.78 is 1.94. The molecule has 16 heavy (non-hydrogen) atoms. The topological polar surface area (TPSA) is 29.9 Å². The molecule has 0 unspecified atom stereocenters. The van der Waals surface area contributed by atoms with Gasteiger partial charge < -0.3 is 5.32 Å². The molecule has 0 saturated heterocycles. The van der Waals surface area contributed by atoms with E-state index in [1.165, 1.54) is 31.4 Å². The maximum atomic E-state index is 4.19. The zero-order valence-electron chi connectivity index (χ0n) is 10.7. The Bertz CT molecular complexity index is 335. The van der Waals surface area contributed by atoms with E-state index in [4.69, 9.17) is 0 Å². The van der Waals surface area contributed by atoms with Gasteiger partial charge in [0, 0.05) is 25.3 Å². The standard InChI is InChI=1S/C13H23N3/c1-13(2,11-6-4-5-7-11)14-10-12-8-9-15-16(12)3/h8-9,11,14H,4-7,10H2,1-3H3. The molecule has 2 rings (SSSR count). The lowest BCUT2D eigenvalue weighted by Crippen LogP contribution is -2.44. The number of nitrogens with zero attached hydrogens (tertiary/aromatic N) is 2. The van der Waals surface area contributed by atoms with Crippen LogP contribution < -0.4 is 5.32 Å². The van der Waals surface area contributed by atoms with Crippen molar-refractivity contribution in [3.63, 3.8) is 0 Å². The number of nitrogens with one attached hydrogen (secondary N) is 1. The summed E-state index contributed by atoms with van der Waals surface area (Å²) in [6.45, 7) is 5.58. The van der Waals surface area contributed by atoms with Gasteiger partial charge in [-0.3, -0.25) is 4.68 Å². The first-order valence-electron chi connectivity index (χ1n) is 6.31. The second-order valence-corrected chi connectivity index (χ2v) is 5.50. The zero-order valence-corrected chi connectivity index (χ0v) is 10.7. The van der Waals surface area contributed by atoms with Crippen molar-refractivity contribution < 1.29 is 0 Å². The van der Waals surface area contributed by atoms with Gasteiger partial charge in [-0.1, -0.05) is 12.8 Å². The molecule has 1 aromatic rings. The first-order chi connectivity index (χ1) is 7.59. The van der Waals surface area contributed by atoms with Crippen molar-refractivity contribution >= 4 is 0 Å². The molecule has 3 nitrogen and oxygen atoms in total. The number of hydrogen-bond donors (Lipinski definition) is 1. The van der Waals surface area contributed by atoms with Crippen LogP contribution in [0.3, 0.4) is 0 Å². The molecule has 0 atom stereocenters. The predicted octanol–water partition coefficient (Wildman–Crippen LogP) is 2.48. The summed E-state index contributed by atoms with van der Waals surface area (Å²) in [5.41, 5.74) is 1.51. The summed E-state index contributed by atoms with van der Waals surface area (Å²) in [6.07, 6.45) is 7.43. The van der Waals surface area contributed by atoms with E-state index in [0.29, 0.717) is 0 Å². The molecular weight excluding hydrogens is 198 g/mol. The van der Waals surface area contributed by atoms with E-state index in [-0.39, 0.29) is 5.54 Å². The van der Waals surface area contributed by atoms with Crippen molar-refractivity contribution in [3.8, 4) is 0 Å². The van der Waals surface area contributed by atoms with Crippen molar-refractivity contribution in [1.29, 1.82) is 0 Å². The van der Waals surface area contributed by atoms with Crippen LogP contribution in [0, 0.1) is 5.92 Å². The molecule has 1 fully saturated rings. The van der Waals surface area contributed by atoms with Gasteiger partial charge in [0.15, 0.2) is 0 Å². The summed E-state index contributed by atoms with van der Waals surface area (Å²) in [5, 5.41) is 7.87. The number of aromatic nitrogens is 2. The van der Waals surface area contributed by atoms with Gasteiger partial charge in [-0.25, -0.2) is 0 Å². The van der Waals surface area contributed by atoms with E-state index in [0.717, 1.165) is 12.5 Å². The molecule has 90 valence electrons. The van der Waals surface area contributed by atoms with Crippen molar-refractivity contribution in [2.75, 3.05) is 0 Å². The minimum Gasteiger partial charge on any atom is -0.306 e. The fourth-order valence-electron chi connectivity index (χ4n) is 2.68. The van der Waals surface area contributed by atoms with Crippen LogP contribution in [0.1, 0.15) is 45.2 Å². The van der Waals surface area contributed by atoms with Crippen molar-refractivity contribution in [2.45, 2.75) is 51.6 Å². The van der Waals surface area contributed by atoms with Crippen molar-refractivity contribution in [3.05, 3.63) is 18.0 Å². The largest absolute Gasteiger partial charge is 0.306 e. The minimum atomic E-state index is 0.251. The lowest BCUT2D eigenvalue weighted by Gasteiger charge is -2.33. The molecule has 1 heterocycles. The van der Waals surface area contributed by atoms with Gasteiger partial charge in [0.05, 0.1) is 5.69 Å². The molecule has 1 saturated carbocycles. The van der Waals surface area contributed by atoms with Crippen molar-refractivity contribution in [1.82, 2.24) is 15.1 Å². The Morgan fingerprint density at radius 3 is 2.69 bits per heavy atom. The van der Waals surface area contributed by atoms with Crippen LogP contribution in [0.25, 0.3) is 0 Å². The Labute approximate surface area is 98.2 Å². The van der Waals surface area contributed by atoms with Gasteiger partial charge in [0.2, 0.25) is 0 Å². The number of rotatable bonds is 4. The Morgan fingerprint density at radius 1 is 1.44 bits per heavy atom. The molecule has 0 aromatic carbocycles. The van der Waals surface area contributed by atoms with E-state index in [1.807, 2.05) is 17.9 Å². The van der Waals surface area contributed by atoms with Gasteiger partial charge >= 0.3 is 0 Å². The first-order valence-corrected chi connectivity index (χ1v) is 6.31. The Balaban J connectivity index is 1.91. The van der Waals surface area contributed by atoms with Crippen LogP contribution in [0.4, 0.5) is 0 Å². The SMILES string of the molecule is Cn1nccc1CNC(C)(C)C1CCCC1. The van der Waals surface area contributed by atoms with E-state index in [1.54, 1.807) is 0 Å². The number of aryl methyl sites for hydroxylation is 1. The fourth-order valence-corrected chi connectivity index (χ4v) is 2.68. The van der Waals surface area contributed by atoms with Gasteiger partial charge in [0.1, 0.15) is 0 Å². The lowest BCUT2D eigenvalue weighted by atomic mass is 9.86. The quantitative estimate of drug-likeness (QED) is 0.846. The smallest absolute Gasteiger partial charge is 0.0518 e. The molecule has 0 spiro atoms. The fraction of sp³-hybridized carbons (Fsp3) is 0.769. The predicted molar refractivity (Wildman–Crippen MR) is 66.1 cm³/mol. The summed E-state index contributed by atoms with van der Waals surface area (Å²) in [7, 11) is 2.00. The Hall–Kier alpha value is -0.830. The molecule has 0 bridgehead atoms. The van der Waals surface area contributed by atoms with Gasteiger partial charge in [-0.05, 0) is 38.7 Å². The second-order valence-electron chi connectivity index (χ2n) is 5.50. The maximum absolute atomic E-state index is 4.19. The third kappa shape index (κ3) is 2.46. The molecule has 0 amide bonds. The van der Waals surface area contributed by atoms with Gasteiger partial charge in [-0.15, -0.1) is 0 Å². The first kappa shape index (κ1) is 11.6. The minimum absolute atomic E-state index is 0.251. The summed E-state index contributed by atoms with van der Waals surface area (Å²) >= 11 is 0. The molecule has 1 N–H and O–H groups in total. The van der Waals surface area contributed by atoms with Crippen LogP contribution in [0.2, 0.25) is 0 Å². The Morgan fingerprint density at radius 2 is 2.12 bits per heavy atom. The Kier molecular flexibility index (Phi) is 3.33. The van der Waals surface area contributed by atoms with Gasteiger partial charge in [-0.2, -0.15) is 5.10 Å². The van der Waals surface area contributed by atoms with Gasteiger partial charge in [0.25, 0.3) is 0 Å². The average Bonchev–Trinajstić information content (AvgIpc) is 2.85. The normalized spacial score (nSPS) is 18.2. The highest BCUT2D eigenvalue weighted by atomic mass is 15.3. The van der Waals surface area contributed by atoms with E-state index >= 15 is 0 Å². The van der Waals surface area contributed by atoms with Crippen molar-refractivity contribution in [2.24, 2.45) is 13.0 Å². The average molecular weight is 221 g/mol. The zero-order chi connectivity index (χ0) is 11.6. The highest BCUT2D eigenvalue weighted by Crippen LogP contribution is 2.33. The molecular formula is C13H23N3. The van der Waals surface area contributed by atoms with E-state index < -0.39 is 0 Å². The van der Waals surface area contributed by atoms with Crippen LogP contribution in [-0.4, -0.2) is 15.3 Å². The van der Waals surface area contributed by atoms with Crippen LogP contribution >= 0.6 is 0 Å². The van der Waals surface area contributed by atoms with E-state index in [2.05, 4.69) is 30.3 Å². The molecule has 0 radical (unpaired) electrons. The van der Waals surface area contributed by atoms with Crippen LogP contribution in [-0.2, 0) is 13.6 Å². The summed E-state index contributed by atoms with van der Waals surface area (Å²) in [6, 6.07) is 2.08. The molecule has 1 aliphatic rings. The third-order valence-electron chi connectivity index (χ3n) is 4.02. The molecule has 0 aliphatic heterocycles. The summed E-state index contributed by atoms with van der Waals surface area (Å²) in [4.78, 5) is 0. The highest BCUT2D eigenvalue weighted by molar-refractivity contribution is 5.01. The maximum Gasteiger partial charge on any atom is 0.0518 e. The second kappa shape index (κ2) is 4.58. The van der Waals surface area contributed by atoms with Crippen LogP contribution in [0.5, 0.6) is 0 Å².